The zero-order valence-electron chi connectivity index (χ0n) is 10.9. The molecule has 0 spiro atoms. The zero-order chi connectivity index (χ0) is 14.4. The topological polar surface area (TPSA) is 99.6 Å². The van der Waals surface area contributed by atoms with Crippen LogP contribution in [0.2, 0.25) is 0 Å². The highest BCUT2D eigenvalue weighted by Gasteiger charge is 2.10. The van der Waals surface area contributed by atoms with Gasteiger partial charge in [-0.1, -0.05) is 0 Å². The molecule has 0 aromatic heterocycles. The number of nitrogen functional groups attached to an aromatic ring is 1. The van der Waals surface area contributed by atoms with Crippen LogP contribution in [0, 0.1) is 5.82 Å². The van der Waals surface area contributed by atoms with Gasteiger partial charge in [0.25, 0.3) is 0 Å². The molecule has 0 aliphatic rings. The SMILES string of the molecule is CC(C)Oc1cc(NCCOC(N)=O)c(N)cc1F. The number of halogens is 1. The van der Waals surface area contributed by atoms with Crippen LogP contribution in [0.5, 0.6) is 5.75 Å². The smallest absolute Gasteiger partial charge is 0.404 e. The van der Waals surface area contributed by atoms with Crippen LogP contribution in [0.25, 0.3) is 0 Å². The maximum Gasteiger partial charge on any atom is 0.404 e. The summed E-state index contributed by atoms with van der Waals surface area (Å²) in [6.45, 7) is 3.99. The van der Waals surface area contributed by atoms with E-state index in [9.17, 15) is 9.18 Å². The largest absolute Gasteiger partial charge is 0.488 e. The lowest BCUT2D eigenvalue weighted by molar-refractivity contribution is 0.161. The van der Waals surface area contributed by atoms with Gasteiger partial charge in [-0.05, 0) is 13.8 Å². The quantitative estimate of drug-likeness (QED) is 0.540. The average Bonchev–Trinajstić information content (AvgIpc) is 2.29. The molecule has 1 aromatic carbocycles. The number of hydrogen-bond acceptors (Lipinski definition) is 5. The van der Waals surface area contributed by atoms with Gasteiger partial charge in [-0.25, -0.2) is 9.18 Å². The molecule has 19 heavy (non-hydrogen) atoms. The number of ether oxygens (including phenoxy) is 2. The van der Waals surface area contributed by atoms with E-state index >= 15 is 0 Å². The molecule has 0 aliphatic carbocycles. The number of anilines is 2. The third kappa shape index (κ3) is 4.90. The molecule has 0 radical (unpaired) electrons. The van der Waals surface area contributed by atoms with E-state index in [0.717, 1.165) is 0 Å². The van der Waals surface area contributed by atoms with Gasteiger partial charge in [0.15, 0.2) is 11.6 Å². The van der Waals surface area contributed by atoms with Crippen LogP contribution in [0.1, 0.15) is 13.8 Å². The lowest BCUT2D eigenvalue weighted by Gasteiger charge is -2.15. The van der Waals surface area contributed by atoms with Crippen molar-refractivity contribution in [3.63, 3.8) is 0 Å². The van der Waals surface area contributed by atoms with E-state index in [-0.39, 0.29) is 24.1 Å². The summed E-state index contributed by atoms with van der Waals surface area (Å²) in [5.41, 5.74) is 11.2. The molecular weight excluding hydrogens is 253 g/mol. The molecule has 0 saturated carbocycles. The Kier molecular flexibility index (Phi) is 5.23. The van der Waals surface area contributed by atoms with Gasteiger partial charge in [0, 0.05) is 18.7 Å². The number of primary amides is 1. The second-order valence-electron chi connectivity index (χ2n) is 4.13. The second kappa shape index (κ2) is 6.67. The van der Waals surface area contributed by atoms with Gasteiger partial charge in [-0.3, -0.25) is 0 Å². The Morgan fingerprint density at radius 3 is 2.74 bits per heavy atom. The lowest BCUT2D eigenvalue weighted by atomic mass is 10.2. The van der Waals surface area contributed by atoms with Gasteiger partial charge in [0.2, 0.25) is 0 Å². The van der Waals surface area contributed by atoms with Crippen LogP contribution in [0.4, 0.5) is 20.6 Å². The first-order valence-corrected chi connectivity index (χ1v) is 5.82. The van der Waals surface area contributed by atoms with Crippen molar-refractivity contribution in [2.75, 3.05) is 24.2 Å². The first-order valence-electron chi connectivity index (χ1n) is 5.82. The number of rotatable bonds is 6. The maximum absolute atomic E-state index is 13.6. The molecule has 6 nitrogen and oxygen atoms in total. The van der Waals surface area contributed by atoms with Crippen LogP contribution in [0.15, 0.2) is 12.1 Å². The van der Waals surface area contributed by atoms with Crippen molar-refractivity contribution in [1.29, 1.82) is 0 Å². The summed E-state index contributed by atoms with van der Waals surface area (Å²) in [6, 6.07) is 2.64. The number of amides is 1. The van der Waals surface area contributed by atoms with E-state index in [1.165, 1.54) is 12.1 Å². The molecular formula is C12H18FN3O3. The Labute approximate surface area is 110 Å². The number of benzene rings is 1. The van der Waals surface area contributed by atoms with Gasteiger partial charge in [0.05, 0.1) is 17.5 Å². The molecule has 0 saturated heterocycles. The fourth-order valence-electron chi connectivity index (χ4n) is 1.40. The van der Waals surface area contributed by atoms with Crippen LogP contribution in [0.3, 0.4) is 0 Å². The van der Waals surface area contributed by atoms with Crippen molar-refractivity contribution >= 4 is 17.5 Å². The van der Waals surface area contributed by atoms with Gasteiger partial charge < -0.3 is 26.3 Å². The highest BCUT2D eigenvalue weighted by molar-refractivity contribution is 5.68. The molecule has 1 aromatic rings. The minimum absolute atomic E-state index is 0.0898. The molecule has 0 bridgehead atoms. The van der Waals surface area contributed by atoms with E-state index in [4.69, 9.17) is 16.2 Å². The Bertz CT molecular complexity index is 452. The molecule has 0 fully saturated rings. The van der Waals surface area contributed by atoms with Crippen molar-refractivity contribution in [3.8, 4) is 5.75 Å². The highest BCUT2D eigenvalue weighted by atomic mass is 19.1. The Morgan fingerprint density at radius 2 is 2.16 bits per heavy atom. The molecule has 0 aliphatic heterocycles. The average molecular weight is 271 g/mol. The van der Waals surface area contributed by atoms with Crippen molar-refractivity contribution < 1.29 is 18.7 Å². The summed E-state index contributed by atoms with van der Waals surface area (Å²) >= 11 is 0. The van der Waals surface area contributed by atoms with Crippen LogP contribution >= 0.6 is 0 Å². The lowest BCUT2D eigenvalue weighted by Crippen LogP contribution is -2.18. The summed E-state index contributed by atoms with van der Waals surface area (Å²) in [7, 11) is 0. The normalized spacial score (nSPS) is 10.3. The number of nitrogens with one attached hydrogen (secondary N) is 1. The Hall–Kier alpha value is -2.18. The van der Waals surface area contributed by atoms with Crippen molar-refractivity contribution in [2.45, 2.75) is 20.0 Å². The molecule has 0 heterocycles. The Balaban J connectivity index is 2.69. The number of hydrogen-bond donors (Lipinski definition) is 3. The zero-order valence-corrected chi connectivity index (χ0v) is 10.9. The van der Waals surface area contributed by atoms with E-state index in [2.05, 4.69) is 10.1 Å². The fourth-order valence-corrected chi connectivity index (χ4v) is 1.40. The first-order chi connectivity index (χ1) is 8.90. The predicted octanol–water partition coefficient (Wildman–Crippen LogP) is 1.70. The first kappa shape index (κ1) is 14.9. The van der Waals surface area contributed by atoms with E-state index < -0.39 is 11.9 Å². The van der Waals surface area contributed by atoms with Gasteiger partial charge in [-0.2, -0.15) is 0 Å². The summed E-state index contributed by atoms with van der Waals surface area (Å²) in [5.74, 6) is -0.410. The second-order valence-corrected chi connectivity index (χ2v) is 4.13. The minimum atomic E-state index is -0.849. The maximum atomic E-state index is 13.6. The number of carbonyl (C=O) groups excluding carboxylic acids is 1. The fraction of sp³-hybridized carbons (Fsp3) is 0.417. The molecule has 0 atom stereocenters. The predicted molar refractivity (Wildman–Crippen MR) is 70.6 cm³/mol. The molecule has 5 N–H and O–H groups in total. The van der Waals surface area contributed by atoms with Crippen molar-refractivity contribution in [1.82, 2.24) is 0 Å². The highest BCUT2D eigenvalue weighted by Crippen LogP contribution is 2.28. The minimum Gasteiger partial charge on any atom is -0.488 e. The van der Waals surface area contributed by atoms with E-state index in [1.54, 1.807) is 13.8 Å². The number of carbonyl (C=O) groups is 1. The molecule has 106 valence electrons. The van der Waals surface area contributed by atoms with Gasteiger partial charge in [-0.15, -0.1) is 0 Å². The summed E-state index contributed by atoms with van der Waals surface area (Å²) in [6.07, 6.45) is -0.998. The van der Waals surface area contributed by atoms with Crippen molar-refractivity contribution in [3.05, 3.63) is 17.9 Å². The molecule has 1 amide bonds. The summed E-state index contributed by atoms with van der Waals surface area (Å²) in [4.78, 5) is 10.4. The van der Waals surface area contributed by atoms with Crippen LogP contribution in [-0.2, 0) is 4.74 Å². The summed E-state index contributed by atoms with van der Waals surface area (Å²) < 4.78 is 23.4. The third-order valence-electron chi connectivity index (χ3n) is 2.13. The molecule has 1 rings (SSSR count). The van der Waals surface area contributed by atoms with Crippen LogP contribution in [-0.4, -0.2) is 25.3 Å². The van der Waals surface area contributed by atoms with Crippen LogP contribution < -0.4 is 21.5 Å². The molecule has 0 unspecified atom stereocenters. The summed E-state index contributed by atoms with van der Waals surface area (Å²) in [5, 5.41) is 2.90. The number of nitrogens with two attached hydrogens (primary N) is 2. The third-order valence-corrected chi connectivity index (χ3v) is 2.13. The van der Waals surface area contributed by atoms with Gasteiger partial charge >= 0.3 is 6.09 Å². The van der Waals surface area contributed by atoms with E-state index in [0.29, 0.717) is 12.2 Å². The standard InChI is InChI=1S/C12H18FN3O3/c1-7(2)19-11-6-10(9(14)5-8(11)13)16-3-4-18-12(15)17/h5-7,16H,3-4,14H2,1-2H3,(H2,15,17). The monoisotopic (exact) mass is 271 g/mol. The Morgan fingerprint density at radius 1 is 1.47 bits per heavy atom. The van der Waals surface area contributed by atoms with Crippen molar-refractivity contribution in [2.24, 2.45) is 5.73 Å². The van der Waals surface area contributed by atoms with E-state index in [1.807, 2.05) is 0 Å². The van der Waals surface area contributed by atoms with Gasteiger partial charge in [0.1, 0.15) is 6.61 Å². The molecule has 7 heteroatoms.